The highest BCUT2D eigenvalue weighted by molar-refractivity contribution is 8.13. The van der Waals surface area contributed by atoms with Crippen LogP contribution < -0.4 is 0 Å². The lowest BCUT2D eigenvalue weighted by molar-refractivity contribution is -0.109. The predicted octanol–water partition coefficient (Wildman–Crippen LogP) is 0.239. The highest BCUT2D eigenvalue weighted by Gasteiger charge is 2.19. The first-order valence-electron chi connectivity index (χ1n) is 5.46. The van der Waals surface area contributed by atoms with Crippen LogP contribution in [0.25, 0.3) is 0 Å². The van der Waals surface area contributed by atoms with E-state index in [9.17, 15) is 19.8 Å². The number of aromatic nitrogens is 2. The highest BCUT2D eigenvalue weighted by Crippen LogP contribution is 2.19. The first-order chi connectivity index (χ1) is 8.91. The van der Waals surface area contributed by atoms with Crippen molar-refractivity contribution in [3.05, 3.63) is 23.8 Å². The van der Waals surface area contributed by atoms with Crippen LogP contribution in [0, 0.1) is 0 Å². The van der Waals surface area contributed by atoms with Gasteiger partial charge in [-0.15, -0.1) is 0 Å². The fourth-order valence-corrected chi connectivity index (χ4v) is 1.95. The summed E-state index contributed by atoms with van der Waals surface area (Å²) in [6.07, 6.45) is 0.262. The monoisotopic (exact) mass is 286 g/mol. The van der Waals surface area contributed by atoms with Gasteiger partial charge >= 0.3 is 5.97 Å². The third kappa shape index (κ3) is 4.93. The minimum absolute atomic E-state index is 0.0594. The molecule has 0 radical (unpaired) electrons. The van der Waals surface area contributed by atoms with E-state index in [1.165, 1.54) is 6.92 Å². The molecule has 3 N–H and O–H groups in total. The average molecular weight is 286 g/mol. The standard InChI is InChI=1S/C11H14N2O5S/c1-6(14)19-3-2-8(15)9(16)7-4-12-10(11(17)18)13-5-7/h4-5,8-9,15-16H,2-3H2,1H3,(H,17,18). The molecule has 104 valence electrons. The summed E-state index contributed by atoms with van der Waals surface area (Å²) in [5, 5.41) is 28.1. The largest absolute Gasteiger partial charge is 0.475 e. The second kappa shape index (κ2) is 7.17. The zero-order valence-corrected chi connectivity index (χ0v) is 11.0. The third-order valence-corrected chi connectivity index (χ3v) is 3.13. The van der Waals surface area contributed by atoms with Crippen LogP contribution in [-0.2, 0) is 4.79 Å². The summed E-state index contributed by atoms with van der Waals surface area (Å²) in [6.45, 7) is 1.42. The number of rotatable bonds is 6. The van der Waals surface area contributed by atoms with E-state index in [1.54, 1.807) is 0 Å². The second-order valence-electron chi connectivity index (χ2n) is 3.79. The quantitative estimate of drug-likeness (QED) is 0.680. The van der Waals surface area contributed by atoms with Gasteiger partial charge in [0.15, 0.2) is 5.12 Å². The molecule has 0 aliphatic carbocycles. The summed E-state index contributed by atoms with van der Waals surface area (Å²) in [5.74, 6) is -1.25. The van der Waals surface area contributed by atoms with Gasteiger partial charge in [-0.2, -0.15) is 0 Å². The number of carbonyl (C=O) groups excluding carboxylic acids is 1. The van der Waals surface area contributed by atoms with Gasteiger partial charge in [0.25, 0.3) is 0 Å². The molecule has 2 unspecified atom stereocenters. The van der Waals surface area contributed by atoms with E-state index >= 15 is 0 Å². The van der Waals surface area contributed by atoms with Crippen molar-refractivity contribution in [3.8, 4) is 0 Å². The van der Waals surface area contributed by atoms with Gasteiger partial charge in [0.2, 0.25) is 5.82 Å². The molecule has 0 saturated carbocycles. The Morgan fingerprint density at radius 1 is 1.32 bits per heavy atom. The molecule has 0 aliphatic rings. The van der Waals surface area contributed by atoms with E-state index in [-0.39, 0.29) is 22.9 Å². The summed E-state index contributed by atoms with van der Waals surface area (Å²) < 4.78 is 0. The number of aliphatic hydroxyl groups is 2. The molecule has 7 nitrogen and oxygen atoms in total. The van der Waals surface area contributed by atoms with Crippen LogP contribution in [0.3, 0.4) is 0 Å². The van der Waals surface area contributed by atoms with Gasteiger partial charge in [0.05, 0.1) is 6.10 Å². The number of hydrogen-bond acceptors (Lipinski definition) is 7. The Bertz CT molecular complexity index is 451. The Kier molecular flexibility index (Phi) is 5.87. The van der Waals surface area contributed by atoms with Gasteiger partial charge in [-0.05, 0) is 6.42 Å². The number of nitrogens with zero attached hydrogens (tertiary/aromatic N) is 2. The molecule has 19 heavy (non-hydrogen) atoms. The Morgan fingerprint density at radius 2 is 1.89 bits per heavy atom. The SMILES string of the molecule is CC(=O)SCCC(O)C(O)c1cnc(C(=O)O)nc1. The average Bonchev–Trinajstić information content (AvgIpc) is 2.37. The molecule has 0 aromatic carbocycles. The van der Waals surface area contributed by atoms with Crippen LogP contribution in [0.2, 0.25) is 0 Å². The predicted molar refractivity (Wildman–Crippen MR) is 67.7 cm³/mol. The summed E-state index contributed by atoms with van der Waals surface area (Å²) in [5.41, 5.74) is 0.227. The van der Waals surface area contributed by atoms with Crippen molar-refractivity contribution in [1.29, 1.82) is 0 Å². The summed E-state index contributed by atoms with van der Waals surface area (Å²) in [6, 6.07) is 0. The van der Waals surface area contributed by atoms with Crippen molar-refractivity contribution >= 4 is 22.8 Å². The Hall–Kier alpha value is -1.51. The van der Waals surface area contributed by atoms with Crippen molar-refractivity contribution in [2.75, 3.05) is 5.75 Å². The Morgan fingerprint density at radius 3 is 2.37 bits per heavy atom. The molecule has 0 fully saturated rings. The molecule has 1 heterocycles. The van der Waals surface area contributed by atoms with Crippen LogP contribution >= 0.6 is 11.8 Å². The van der Waals surface area contributed by atoms with Crippen molar-refractivity contribution in [3.63, 3.8) is 0 Å². The number of carboxylic acids is 1. The van der Waals surface area contributed by atoms with E-state index in [2.05, 4.69) is 9.97 Å². The molecule has 8 heteroatoms. The van der Waals surface area contributed by atoms with Gasteiger partial charge in [-0.1, -0.05) is 11.8 Å². The lowest BCUT2D eigenvalue weighted by Gasteiger charge is -2.17. The highest BCUT2D eigenvalue weighted by atomic mass is 32.2. The van der Waals surface area contributed by atoms with E-state index in [1.807, 2.05) is 0 Å². The summed E-state index contributed by atoms with van der Waals surface area (Å²) in [7, 11) is 0. The number of hydrogen-bond donors (Lipinski definition) is 3. The maximum absolute atomic E-state index is 10.7. The molecular weight excluding hydrogens is 272 g/mol. The first kappa shape index (κ1) is 15.5. The van der Waals surface area contributed by atoms with Gasteiger partial charge in [-0.3, -0.25) is 4.79 Å². The molecule has 2 atom stereocenters. The minimum atomic E-state index is -1.26. The molecule has 0 bridgehead atoms. The van der Waals surface area contributed by atoms with Crippen molar-refractivity contribution in [2.24, 2.45) is 0 Å². The topological polar surface area (TPSA) is 121 Å². The summed E-state index contributed by atoms with van der Waals surface area (Å²) >= 11 is 1.06. The number of aromatic carboxylic acids is 1. The molecule has 0 spiro atoms. The van der Waals surface area contributed by atoms with E-state index in [4.69, 9.17) is 5.11 Å². The first-order valence-corrected chi connectivity index (χ1v) is 6.45. The Balaban J connectivity index is 2.58. The van der Waals surface area contributed by atoms with E-state index in [0.29, 0.717) is 5.75 Å². The van der Waals surface area contributed by atoms with Crippen LogP contribution in [0.1, 0.15) is 35.6 Å². The molecule has 0 amide bonds. The van der Waals surface area contributed by atoms with E-state index in [0.717, 1.165) is 24.2 Å². The number of carboxylic acid groups (broad SMARTS) is 1. The van der Waals surface area contributed by atoms with Crippen LogP contribution in [-0.4, -0.2) is 48.2 Å². The van der Waals surface area contributed by atoms with Gasteiger partial charge in [0.1, 0.15) is 6.10 Å². The van der Waals surface area contributed by atoms with Gasteiger partial charge in [-0.25, -0.2) is 14.8 Å². The second-order valence-corrected chi connectivity index (χ2v) is 5.06. The number of carbonyl (C=O) groups is 2. The van der Waals surface area contributed by atoms with Crippen molar-refractivity contribution < 1.29 is 24.9 Å². The van der Waals surface area contributed by atoms with Crippen LogP contribution in [0.4, 0.5) is 0 Å². The molecule has 0 saturated heterocycles. The maximum Gasteiger partial charge on any atom is 0.373 e. The molecule has 0 aliphatic heterocycles. The number of aliphatic hydroxyl groups excluding tert-OH is 2. The third-order valence-electron chi connectivity index (χ3n) is 2.29. The molecule has 1 rings (SSSR count). The normalized spacial score (nSPS) is 13.8. The maximum atomic E-state index is 10.7. The van der Waals surface area contributed by atoms with Crippen molar-refractivity contribution in [2.45, 2.75) is 25.6 Å². The van der Waals surface area contributed by atoms with Crippen molar-refractivity contribution in [1.82, 2.24) is 9.97 Å². The summed E-state index contributed by atoms with van der Waals surface area (Å²) in [4.78, 5) is 28.4. The Labute approximate surface area is 113 Å². The zero-order chi connectivity index (χ0) is 14.4. The zero-order valence-electron chi connectivity index (χ0n) is 10.2. The molecule has 1 aromatic rings. The molecule has 1 aromatic heterocycles. The fraction of sp³-hybridized carbons (Fsp3) is 0.455. The van der Waals surface area contributed by atoms with Gasteiger partial charge in [0, 0.05) is 30.6 Å². The van der Waals surface area contributed by atoms with Crippen LogP contribution in [0.15, 0.2) is 12.4 Å². The lowest BCUT2D eigenvalue weighted by Crippen LogP contribution is -2.20. The fourth-order valence-electron chi connectivity index (χ4n) is 1.30. The van der Waals surface area contributed by atoms with Gasteiger partial charge < -0.3 is 15.3 Å². The smallest absolute Gasteiger partial charge is 0.373 e. The molecular formula is C11H14N2O5S. The minimum Gasteiger partial charge on any atom is -0.475 e. The lowest BCUT2D eigenvalue weighted by atomic mass is 10.1. The number of thioether (sulfide) groups is 1. The van der Waals surface area contributed by atoms with Crippen LogP contribution in [0.5, 0.6) is 0 Å². The van der Waals surface area contributed by atoms with E-state index < -0.39 is 18.2 Å².